The van der Waals surface area contributed by atoms with Crippen LogP contribution in [0.5, 0.6) is 5.75 Å². The van der Waals surface area contributed by atoms with Gasteiger partial charge in [0.1, 0.15) is 17.6 Å². The summed E-state index contributed by atoms with van der Waals surface area (Å²) in [6, 6.07) is 12.8. The van der Waals surface area contributed by atoms with Crippen LogP contribution in [0.15, 0.2) is 48.5 Å². The third-order valence-corrected chi connectivity index (χ3v) is 6.97. The van der Waals surface area contributed by atoms with Gasteiger partial charge in [0, 0.05) is 30.9 Å². The molecule has 4 rings (SSSR count). The molecule has 0 saturated carbocycles. The first-order chi connectivity index (χ1) is 17.0. The Morgan fingerprint density at radius 1 is 1.17 bits per heavy atom. The summed E-state index contributed by atoms with van der Waals surface area (Å²) in [5.74, 6) is -0.506. The second-order valence-electron chi connectivity index (χ2n) is 8.44. The molecule has 186 valence electrons. The van der Waals surface area contributed by atoms with E-state index in [1.165, 1.54) is 17.0 Å². The van der Waals surface area contributed by atoms with E-state index in [0.29, 0.717) is 19.6 Å². The van der Waals surface area contributed by atoms with Crippen LogP contribution in [0.3, 0.4) is 0 Å². The van der Waals surface area contributed by atoms with Crippen LogP contribution >= 0.6 is 11.3 Å². The zero-order chi connectivity index (χ0) is 24.6. The maximum atomic E-state index is 13.1. The molecular weight excluding hydrogens is 469 g/mol. The number of aryl methyl sites for hydroxylation is 1. The molecule has 1 aromatic heterocycles. The van der Waals surface area contributed by atoms with Crippen LogP contribution in [-0.4, -0.2) is 55.0 Å². The molecule has 0 radical (unpaired) electrons. The molecule has 1 aliphatic rings. The van der Waals surface area contributed by atoms with E-state index in [9.17, 15) is 14.3 Å². The summed E-state index contributed by atoms with van der Waals surface area (Å²) in [6.45, 7) is 6.19. The fourth-order valence-corrected chi connectivity index (χ4v) is 4.85. The third-order valence-electron chi connectivity index (χ3n) is 5.90. The first-order valence-electron chi connectivity index (χ1n) is 11.7. The number of nitrogens with one attached hydrogen (secondary N) is 1. The number of nitrogens with zero attached hydrogens (tertiary/aromatic N) is 2. The first kappa shape index (κ1) is 25.1. The quantitative estimate of drug-likeness (QED) is 0.415. The van der Waals surface area contributed by atoms with E-state index in [1.54, 1.807) is 23.5 Å². The van der Waals surface area contributed by atoms with Crippen molar-refractivity contribution in [3.05, 3.63) is 76.0 Å². The molecule has 2 heterocycles. The normalized spacial score (nSPS) is 14.6. The number of hydrogen-bond donors (Lipinski definition) is 2. The molecule has 0 amide bonds. The van der Waals surface area contributed by atoms with Crippen molar-refractivity contribution in [1.82, 2.24) is 10.3 Å². The van der Waals surface area contributed by atoms with E-state index < -0.39 is 12.0 Å². The number of rotatable bonds is 11. The average Bonchev–Trinajstić information content (AvgIpc) is 3.24. The van der Waals surface area contributed by atoms with Crippen LogP contribution < -0.4 is 15.0 Å². The number of morpholine rings is 1. The molecule has 1 aliphatic heterocycles. The van der Waals surface area contributed by atoms with Gasteiger partial charge in [-0.25, -0.2) is 9.37 Å². The van der Waals surface area contributed by atoms with Crippen molar-refractivity contribution in [2.75, 3.05) is 37.8 Å². The second kappa shape index (κ2) is 12.1. The minimum atomic E-state index is -0.928. The molecule has 1 atom stereocenters. The lowest BCUT2D eigenvalue weighted by Crippen LogP contribution is -2.38. The Bertz CT molecular complexity index is 1100. The number of carboxylic acids is 1. The Hall–Kier alpha value is -3.01. The molecule has 0 unspecified atom stereocenters. The minimum Gasteiger partial charge on any atom is -0.493 e. The number of hydrogen-bond acceptors (Lipinski definition) is 7. The van der Waals surface area contributed by atoms with Crippen LogP contribution in [0.1, 0.15) is 21.7 Å². The van der Waals surface area contributed by atoms with Gasteiger partial charge in [0.05, 0.1) is 25.5 Å². The van der Waals surface area contributed by atoms with E-state index >= 15 is 0 Å². The number of carbonyl (C=O) groups is 1. The van der Waals surface area contributed by atoms with Crippen LogP contribution in [-0.2, 0) is 28.9 Å². The summed E-state index contributed by atoms with van der Waals surface area (Å²) in [6.07, 6.45) is 1.06. The Morgan fingerprint density at radius 2 is 1.86 bits per heavy atom. The summed E-state index contributed by atoms with van der Waals surface area (Å²) < 4.78 is 24.4. The van der Waals surface area contributed by atoms with Crippen molar-refractivity contribution in [1.29, 1.82) is 0 Å². The van der Waals surface area contributed by atoms with Gasteiger partial charge in [0.15, 0.2) is 5.13 Å². The summed E-state index contributed by atoms with van der Waals surface area (Å²) in [5, 5.41) is 13.7. The van der Waals surface area contributed by atoms with Crippen molar-refractivity contribution in [2.45, 2.75) is 32.4 Å². The Morgan fingerprint density at radius 3 is 2.54 bits per heavy atom. The monoisotopic (exact) mass is 499 g/mol. The van der Waals surface area contributed by atoms with Crippen molar-refractivity contribution >= 4 is 22.4 Å². The number of aromatic nitrogens is 1. The van der Waals surface area contributed by atoms with Crippen molar-refractivity contribution in [3.8, 4) is 5.75 Å². The van der Waals surface area contributed by atoms with Gasteiger partial charge in [-0.05, 0) is 48.7 Å². The summed E-state index contributed by atoms with van der Waals surface area (Å²) >= 11 is 1.71. The fraction of sp³-hybridized carbons (Fsp3) is 0.385. The van der Waals surface area contributed by atoms with Crippen molar-refractivity contribution in [2.24, 2.45) is 0 Å². The number of anilines is 1. The minimum absolute atomic E-state index is 0.315. The largest absolute Gasteiger partial charge is 0.493 e. The molecule has 0 aliphatic carbocycles. The van der Waals surface area contributed by atoms with Crippen molar-refractivity contribution < 1.29 is 23.8 Å². The van der Waals surface area contributed by atoms with E-state index in [1.807, 2.05) is 24.3 Å². The van der Waals surface area contributed by atoms with Gasteiger partial charge in [0.25, 0.3) is 0 Å². The molecular formula is C26H30FN3O4S. The third kappa shape index (κ3) is 7.24. The number of carboxylic acid groups (broad SMARTS) is 1. The number of aliphatic carboxylic acids is 1. The molecule has 35 heavy (non-hydrogen) atoms. The van der Waals surface area contributed by atoms with Gasteiger partial charge >= 0.3 is 5.97 Å². The van der Waals surface area contributed by atoms with E-state index in [-0.39, 0.29) is 5.82 Å². The maximum Gasteiger partial charge on any atom is 0.321 e. The smallest absolute Gasteiger partial charge is 0.321 e. The van der Waals surface area contributed by atoms with Gasteiger partial charge in [-0.3, -0.25) is 4.79 Å². The van der Waals surface area contributed by atoms with Crippen LogP contribution in [0.4, 0.5) is 9.52 Å². The van der Waals surface area contributed by atoms with E-state index in [4.69, 9.17) is 14.5 Å². The molecule has 1 fully saturated rings. The molecule has 0 spiro atoms. The lowest BCUT2D eigenvalue weighted by atomic mass is 10.1. The highest BCUT2D eigenvalue weighted by Gasteiger charge is 2.18. The van der Waals surface area contributed by atoms with Gasteiger partial charge < -0.3 is 24.8 Å². The Labute approximate surface area is 208 Å². The second-order valence-corrected chi connectivity index (χ2v) is 9.63. The molecule has 0 bridgehead atoms. The van der Waals surface area contributed by atoms with Crippen LogP contribution in [0, 0.1) is 12.7 Å². The summed E-state index contributed by atoms with van der Waals surface area (Å²) in [5.41, 5.74) is 2.78. The highest BCUT2D eigenvalue weighted by atomic mass is 32.1. The van der Waals surface area contributed by atoms with Crippen LogP contribution in [0.25, 0.3) is 0 Å². The topological polar surface area (TPSA) is 83.9 Å². The molecule has 2 N–H and O–H groups in total. The molecule has 9 heteroatoms. The lowest BCUT2D eigenvalue weighted by Gasteiger charge is -2.26. The lowest BCUT2D eigenvalue weighted by molar-refractivity contribution is -0.139. The van der Waals surface area contributed by atoms with Gasteiger partial charge in [-0.15, -0.1) is 11.3 Å². The number of benzene rings is 2. The average molecular weight is 500 g/mol. The summed E-state index contributed by atoms with van der Waals surface area (Å²) in [7, 11) is 0. The maximum absolute atomic E-state index is 13.1. The Kier molecular flexibility index (Phi) is 8.68. The SMILES string of the molecule is Cc1sc(N2CCOCC2)nc1CCOc1ccc(C[C@H](NCc2ccc(F)cc2)C(=O)O)cc1. The molecule has 3 aromatic rings. The number of halogens is 1. The van der Waals surface area contributed by atoms with Gasteiger partial charge in [0.2, 0.25) is 0 Å². The Balaban J connectivity index is 1.25. The predicted molar refractivity (Wildman–Crippen MR) is 134 cm³/mol. The van der Waals surface area contributed by atoms with E-state index in [0.717, 1.165) is 60.4 Å². The molecule has 1 saturated heterocycles. The van der Waals surface area contributed by atoms with Gasteiger partial charge in [-0.1, -0.05) is 24.3 Å². The van der Waals surface area contributed by atoms with Crippen LogP contribution in [0.2, 0.25) is 0 Å². The first-order valence-corrected chi connectivity index (χ1v) is 12.5. The zero-order valence-corrected chi connectivity index (χ0v) is 20.5. The number of ether oxygens (including phenoxy) is 2. The number of thiazole rings is 1. The fourth-order valence-electron chi connectivity index (χ4n) is 3.85. The van der Waals surface area contributed by atoms with Gasteiger partial charge in [-0.2, -0.15) is 0 Å². The molecule has 2 aromatic carbocycles. The standard InChI is InChI=1S/C26H30FN3O4S/c1-18-23(29-26(35-18)30-11-14-33-15-12-30)10-13-34-22-8-4-19(5-9-22)16-24(25(31)32)28-17-20-2-6-21(27)7-3-20/h2-9,24,28H,10-17H2,1H3,(H,31,32)/t24-/m0/s1. The van der Waals surface area contributed by atoms with Crippen molar-refractivity contribution in [3.63, 3.8) is 0 Å². The summed E-state index contributed by atoms with van der Waals surface area (Å²) in [4.78, 5) is 20.0. The zero-order valence-electron chi connectivity index (χ0n) is 19.7. The highest BCUT2D eigenvalue weighted by molar-refractivity contribution is 7.15. The molecule has 7 nitrogen and oxygen atoms in total. The van der Waals surface area contributed by atoms with E-state index in [2.05, 4.69) is 17.1 Å². The predicted octanol–water partition coefficient (Wildman–Crippen LogP) is 3.83. The highest BCUT2D eigenvalue weighted by Crippen LogP contribution is 2.27.